The third-order valence-electron chi connectivity index (χ3n) is 3.19. The van der Waals surface area contributed by atoms with E-state index in [1.807, 2.05) is 0 Å². The summed E-state index contributed by atoms with van der Waals surface area (Å²) in [5.74, 6) is -0.390. The number of nitrogens with one attached hydrogen (secondary N) is 2. The molecule has 3 N–H and O–H groups in total. The number of amides is 1. The average Bonchev–Trinajstić information content (AvgIpc) is 2.52. The van der Waals surface area contributed by atoms with E-state index in [9.17, 15) is 14.7 Å². The number of hydrogen-bond donors (Lipinski definition) is 3. The minimum absolute atomic E-state index is 0.0381. The Hall–Kier alpha value is -3.15. The van der Waals surface area contributed by atoms with Crippen molar-refractivity contribution in [2.24, 2.45) is 0 Å². The number of aromatic hydroxyl groups is 1. The van der Waals surface area contributed by atoms with Crippen LogP contribution in [-0.2, 0) is 6.54 Å². The van der Waals surface area contributed by atoms with Crippen molar-refractivity contribution in [2.75, 3.05) is 0 Å². The summed E-state index contributed by atoms with van der Waals surface area (Å²) in [5, 5.41) is 12.5. The Morgan fingerprint density at radius 1 is 1.18 bits per heavy atom. The van der Waals surface area contributed by atoms with Crippen LogP contribution in [0, 0.1) is 0 Å². The highest BCUT2D eigenvalue weighted by atomic mass is 16.3. The van der Waals surface area contributed by atoms with E-state index in [1.54, 1.807) is 48.5 Å². The van der Waals surface area contributed by atoms with E-state index in [-0.39, 0.29) is 23.7 Å². The second-order valence-electron chi connectivity index (χ2n) is 4.78. The zero-order valence-electron chi connectivity index (χ0n) is 11.5. The second-order valence-corrected chi connectivity index (χ2v) is 4.78. The summed E-state index contributed by atoms with van der Waals surface area (Å²) < 4.78 is 0. The fourth-order valence-corrected chi connectivity index (χ4v) is 2.13. The summed E-state index contributed by atoms with van der Waals surface area (Å²) in [7, 11) is 0. The summed E-state index contributed by atoms with van der Waals surface area (Å²) in [6.45, 7) is 0.226. The van der Waals surface area contributed by atoms with Crippen LogP contribution in [0.3, 0.4) is 0 Å². The van der Waals surface area contributed by atoms with Crippen LogP contribution in [-0.4, -0.2) is 21.0 Å². The van der Waals surface area contributed by atoms with Gasteiger partial charge in [-0.3, -0.25) is 9.59 Å². The molecule has 6 nitrogen and oxygen atoms in total. The van der Waals surface area contributed by atoms with Crippen LogP contribution in [0.15, 0.2) is 53.3 Å². The van der Waals surface area contributed by atoms with Crippen molar-refractivity contribution >= 4 is 16.8 Å². The van der Waals surface area contributed by atoms with Crippen LogP contribution in [0.5, 0.6) is 5.75 Å². The van der Waals surface area contributed by atoms with Crippen molar-refractivity contribution in [2.45, 2.75) is 6.54 Å². The van der Waals surface area contributed by atoms with Gasteiger partial charge in [-0.15, -0.1) is 0 Å². The number of aromatic amines is 1. The highest BCUT2D eigenvalue weighted by Crippen LogP contribution is 2.10. The summed E-state index contributed by atoms with van der Waals surface area (Å²) in [6, 6.07) is 13.4. The van der Waals surface area contributed by atoms with Gasteiger partial charge in [0, 0.05) is 6.54 Å². The van der Waals surface area contributed by atoms with Crippen LogP contribution >= 0.6 is 0 Å². The van der Waals surface area contributed by atoms with E-state index in [4.69, 9.17) is 0 Å². The van der Waals surface area contributed by atoms with Gasteiger partial charge in [0.05, 0.1) is 10.9 Å². The number of aromatic nitrogens is 2. The van der Waals surface area contributed by atoms with Gasteiger partial charge in [-0.05, 0) is 29.8 Å². The summed E-state index contributed by atoms with van der Waals surface area (Å²) in [6.07, 6.45) is 0. The summed E-state index contributed by atoms with van der Waals surface area (Å²) in [4.78, 5) is 30.6. The molecule has 0 aliphatic carbocycles. The molecule has 110 valence electrons. The third kappa shape index (κ3) is 2.80. The molecule has 0 aliphatic heterocycles. The summed E-state index contributed by atoms with van der Waals surface area (Å²) >= 11 is 0. The lowest BCUT2D eigenvalue weighted by atomic mass is 10.2. The first-order valence-corrected chi connectivity index (χ1v) is 6.68. The maximum atomic E-state index is 12.1. The number of fused-ring (bicyclic) bond motifs is 1. The van der Waals surface area contributed by atoms with Crippen molar-refractivity contribution in [3.63, 3.8) is 0 Å². The molecule has 2 aromatic carbocycles. The van der Waals surface area contributed by atoms with Crippen molar-refractivity contribution in [1.29, 1.82) is 0 Å². The summed E-state index contributed by atoms with van der Waals surface area (Å²) in [5.41, 5.74) is 0.860. The molecule has 1 heterocycles. The van der Waals surface area contributed by atoms with Crippen LogP contribution < -0.4 is 10.9 Å². The van der Waals surface area contributed by atoms with E-state index in [0.717, 1.165) is 5.56 Å². The standard InChI is InChI=1S/C16H13N3O3/c20-11-5-3-4-10(8-11)9-17-16(22)14-18-13-7-2-1-6-12(13)15(21)19-14/h1-8,20H,9H2,(H,17,22)(H,18,19,21). The topological polar surface area (TPSA) is 95.1 Å². The highest BCUT2D eigenvalue weighted by molar-refractivity contribution is 5.92. The third-order valence-corrected chi connectivity index (χ3v) is 3.19. The molecule has 6 heteroatoms. The number of para-hydroxylation sites is 1. The van der Waals surface area contributed by atoms with Gasteiger partial charge in [0.2, 0.25) is 0 Å². The number of hydrogen-bond acceptors (Lipinski definition) is 4. The molecule has 1 amide bonds. The van der Waals surface area contributed by atoms with E-state index >= 15 is 0 Å². The quantitative estimate of drug-likeness (QED) is 0.683. The number of carbonyl (C=O) groups is 1. The molecule has 0 saturated heterocycles. The second kappa shape index (κ2) is 5.69. The molecule has 1 aromatic heterocycles. The Morgan fingerprint density at radius 2 is 2.00 bits per heavy atom. The van der Waals surface area contributed by atoms with Gasteiger partial charge in [0.25, 0.3) is 11.5 Å². The first-order valence-electron chi connectivity index (χ1n) is 6.68. The van der Waals surface area contributed by atoms with Gasteiger partial charge in [0.15, 0.2) is 5.82 Å². The number of carbonyl (C=O) groups excluding carboxylic acids is 1. The fourth-order valence-electron chi connectivity index (χ4n) is 2.13. The first-order chi connectivity index (χ1) is 10.6. The maximum absolute atomic E-state index is 12.1. The molecule has 0 saturated carbocycles. The highest BCUT2D eigenvalue weighted by Gasteiger charge is 2.11. The van der Waals surface area contributed by atoms with E-state index in [1.165, 1.54) is 0 Å². The number of benzene rings is 2. The van der Waals surface area contributed by atoms with Gasteiger partial charge < -0.3 is 15.4 Å². The molecular weight excluding hydrogens is 282 g/mol. The Balaban J connectivity index is 1.82. The predicted molar refractivity (Wildman–Crippen MR) is 81.6 cm³/mol. The van der Waals surface area contributed by atoms with Gasteiger partial charge in [-0.1, -0.05) is 24.3 Å². The van der Waals surface area contributed by atoms with Gasteiger partial charge in [0.1, 0.15) is 5.75 Å². The zero-order valence-corrected chi connectivity index (χ0v) is 11.5. The van der Waals surface area contributed by atoms with E-state index in [2.05, 4.69) is 15.3 Å². The largest absolute Gasteiger partial charge is 0.508 e. The van der Waals surface area contributed by atoms with Crippen LogP contribution in [0.1, 0.15) is 16.2 Å². The number of phenols is 1. The molecule has 0 unspecified atom stereocenters. The number of rotatable bonds is 3. The lowest BCUT2D eigenvalue weighted by molar-refractivity contribution is 0.0940. The van der Waals surface area contributed by atoms with Gasteiger partial charge in [-0.2, -0.15) is 0 Å². The SMILES string of the molecule is O=C(NCc1cccc(O)c1)c1nc2ccccc2c(=O)[nH]1. The Bertz CT molecular complexity index is 902. The molecule has 3 rings (SSSR count). The lowest BCUT2D eigenvalue weighted by Gasteiger charge is -2.06. The molecule has 0 aliphatic rings. The molecule has 22 heavy (non-hydrogen) atoms. The lowest BCUT2D eigenvalue weighted by Crippen LogP contribution is -2.27. The predicted octanol–water partition coefficient (Wildman–Crippen LogP) is 1.56. The molecule has 0 atom stereocenters. The average molecular weight is 295 g/mol. The Labute approximate surface area is 125 Å². The minimum Gasteiger partial charge on any atom is -0.508 e. The molecule has 0 fully saturated rings. The smallest absolute Gasteiger partial charge is 0.287 e. The van der Waals surface area contributed by atoms with Crippen molar-refractivity contribution < 1.29 is 9.90 Å². The van der Waals surface area contributed by atoms with Crippen molar-refractivity contribution in [3.05, 3.63) is 70.3 Å². The molecule has 0 spiro atoms. The van der Waals surface area contributed by atoms with E-state index < -0.39 is 5.91 Å². The number of phenolic OH excluding ortho intramolecular Hbond substituents is 1. The first kappa shape index (κ1) is 13.8. The fraction of sp³-hybridized carbons (Fsp3) is 0.0625. The van der Waals surface area contributed by atoms with Crippen molar-refractivity contribution in [1.82, 2.24) is 15.3 Å². The van der Waals surface area contributed by atoms with Crippen molar-refractivity contribution in [3.8, 4) is 5.75 Å². The van der Waals surface area contributed by atoms with Gasteiger partial charge in [-0.25, -0.2) is 4.98 Å². The van der Waals surface area contributed by atoms with Crippen LogP contribution in [0.2, 0.25) is 0 Å². The minimum atomic E-state index is -0.480. The Kier molecular flexibility index (Phi) is 3.57. The molecular formula is C16H13N3O3. The monoisotopic (exact) mass is 295 g/mol. The zero-order chi connectivity index (χ0) is 15.5. The molecule has 0 bridgehead atoms. The normalized spacial score (nSPS) is 10.5. The maximum Gasteiger partial charge on any atom is 0.287 e. The molecule has 0 radical (unpaired) electrons. The molecule has 3 aromatic rings. The van der Waals surface area contributed by atoms with E-state index in [0.29, 0.717) is 10.9 Å². The van der Waals surface area contributed by atoms with Gasteiger partial charge >= 0.3 is 0 Å². The Morgan fingerprint density at radius 3 is 2.82 bits per heavy atom. The number of nitrogens with zero attached hydrogens (tertiary/aromatic N) is 1. The number of H-pyrrole nitrogens is 1. The van der Waals surface area contributed by atoms with Crippen LogP contribution in [0.4, 0.5) is 0 Å². The van der Waals surface area contributed by atoms with Crippen LogP contribution in [0.25, 0.3) is 10.9 Å².